The lowest BCUT2D eigenvalue weighted by Gasteiger charge is -2.03. The molecule has 0 bridgehead atoms. The van der Waals surface area contributed by atoms with Gasteiger partial charge in [0.2, 0.25) is 0 Å². The van der Waals surface area contributed by atoms with Gasteiger partial charge in [0.15, 0.2) is 4.32 Å². The second-order valence-electron chi connectivity index (χ2n) is 3.07. The Hall–Kier alpha value is -1.24. The number of carbonyl (C=O) groups excluding carboxylic acids is 1. The summed E-state index contributed by atoms with van der Waals surface area (Å²) < 4.78 is 13.6. The minimum atomic E-state index is -0.404. The summed E-state index contributed by atoms with van der Waals surface area (Å²) in [5.41, 5.74) is 0.344. The summed E-state index contributed by atoms with van der Waals surface area (Å²) >= 11 is 5.92. The molecule has 82 valence electrons. The van der Waals surface area contributed by atoms with Crippen LogP contribution in [-0.2, 0) is 4.79 Å². The first-order chi connectivity index (χ1) is 7.59. The van der Waals surface area contributed by atoms with E-state index >= 15 is 0 Å². The number of rotatable bonds is 1. The van der Waals surface area contributed by atoms with Crippen LogP contribution in [0.25, 0.3) is 6.08 Å². The SMILES string of the molecule is NN1C(=O)C(=Cc2ccccc2F)SC1=S. The Balaban J connectivity index is 2.37. The monoisotopic (exact) mass is 254 g/mol. The Labute approximate surface area is 101 Å². The number of halogens is 1. The van der Waals surface area contributed by atoms with Gasteiger partial charge in [-0.1, -0.05) is 42.2 Å². The van der Waals surface area contributed by atoms with Crippen LogP contribution in [-0.4, -0.2) is 15.2 Å². The first-order valence-corrected chi connectivity index (χ1v) is 5.59. The molecule has 3 nitrogen and oxygen atoms in total. The van der Waals surface area contributed by atoms with E-state index in [0.717, 1.165) is 16.8 Å². The van der Waals surface area contributed by atoms with Gasteiger partial charge in [0.05, 0.1) is 4.91 Å². The molecule has 2 rings (SSSR count). The highest BCUT2D eigenvalue weighted by atomic mass is 32.2. The third kappa shape index (κ3) is 1.99. The molecule has 1 saturated heterocycles. The molecular formula is C10H7FN2OS2. The van der Waals surface area contributed by atoms with Crippen LogP contribution in [0.4, 0.5) is 4.39 Å². The summed E-state index contributed by atoms with van der Waals surface area (Å²) in [6.07, 6.45) is 1.45. The fourth-order valence-corrected chi connectivity index (χ4v) is 2.31. The molecule has 0 saturated carbocycles. The lowest BCUT2D eigenvalue weighted by molar-refractivity contribution is -0.122. The molecule has 1 aromatic carbocycles. The maximum absolute atomic E-state index is 13.3. The second-order valence-corrected chi connectivity index (χ2v) is 4.75. The van der Waals surface area contributed by atoms with Crippen molar-refractivity contribution in [1.29, 1.82) is 0 Å². The minimum Gasteiger partial charge on any atom is -0.267 e. The highest BCUT2D eigenvalue weighted by Crippen LogP contribution is 2.30. The summed E-state index contributed by atoms with van der Waals surface area (Å²) in [6.45, 7) is 0. The summed E-state index contributed by atoms with van der Waals surface area (Å²) in [5.74, 6) is 4.60. The van der Waals surface area contributed by atoms with Crippen molar-refractivity contribution in [3.8, 4) is 0 Å². The molecule has 1 aromatic rings. The maximum atomic E-state index is 13.3. The van der Waals surface area contributed by atoms with E-state index in [-0.39, 0.29) is 10.1 Å². The van der Waals surface area contributed by atoms with E-state index in [1.54, 1.807) is 18.2 Å². The zero-order valence-electron chi connectivity index (χ0n) is 8.01. The van der Waals surface area contributed by atoms with Crippen LogP contribution >= 0.6 is 24.0 Å². The number of thioether (sulfide) groups is 1. The van der Waals surface area contributed by atoms with Crippen molar-refractivity contribution < 1.29 is 9.18 Å². The van der Waals surface area contributed by atoms with E-state index in [1.165, 1.54) is 12.1 Å². The quantitative estimate of drug-likeness (QED) is 0.360. The fraction of sp³-hybridized carbons (Fsp3) is 0. The molecule has 0 aromatic heterocycles. The summed E-state index contributed by atoms with van der Waals surface area (Å²) in [7, 11) is 0. The molecule has 0 atom stereocenters. The third-order valence-corrected chi connectivity index (χ3v) is 3.35. The normalized spacial score (nSPS) is 18.6. The van der Waals surface area contributed by atoms with Crippen molar-refractivity contribution in [2.75, 3.05) is 0 Å². The Morgan fingerprint density at radius 3 is 2.69 bits per heavy atom. The summed E-state index contributed by atoms with van der Waals surface area (Å²) in [5, 5.41) is 0.882. The number of nitrogens with zero attached hydrogens (tertiary/aromatic N) is 1. The lowest BCUT2D eigenvalue weighted by atomic mass is 10.2. The molecule has 0 unspecified atom stereocenters. The predicted molar refractivity (Wildman–Crippen MR) is 65.6 cm³/mol. The van der Waals surface area contributed by atoms with E-state index in [9.17, 15) is 9.18 Å². The topological polar surface area (TPSA) is 46.3 Å². The molecule has 0 aliphatic carbocycles. The van der Waals surface area contributed by atoms with Crippen molar-refractivity contribution in [2.24, 2.45) is 5.84 Å². The van der Waals surface area contributed by atoms with E-state index in [1.807, 2.05) is 0 Å². The van der Waals surface area contributed by atoms with Crippen LogP contribution in [0, 0.1) is 5.82 Å². The molecule has 1 aliphatic heterocycles. The number of hydrazine groups is 1. The maximum Gasteiger partial charge on any atom is 0.280 e. The van der Waals surface area contributed by atoms with Gasteiger partial charge in [-0.2, -0.15) is 0 Å². The number of benzene rings is 1. The van der Waals surface area contributed by atoms with E-state index in [2.05, 4.69) is 0 Å². The molecular weight excluding hydrogens is 247 g/mol. The van der Waals surface area contributed by atoms with Gasteiger partial charge in [-0.25, -0.2) is 15.2 Å². The van der Waals surface area contributed by atoms with Gasteiger partial charge < -0.3 is 0 Å². The number of thiocarbonyl (C=S) groups is 1. The van der Waals surface area contributed by atoms with Crippen molar-refractivity contribution in [1.82, 2.24) is 5.01 Å². The first kappa shape index (κ1) is 11.3. The van der Waals surface area contributed by atoms with Crippen LogP contribution < -0.4 is 5.84 Å². The molecule has 6 heteroatoms. The highest BCUT2D eigenvalue weighted by Gasteiger charge is 2.29. The van der Waals surface area contributed by atoms with Crippen LogP contribution in [0.15, 0.2) is 29.2 Å². The standard InChI is InChI=1S/C10H7FN2OS2/c11-7-4-2-1-3-6(7)5-8-9(14)13(12)10(15)16-8/h1-5H,12H2. The van der Waals surface area contributed by atoms with Crippen LogP contribution in [0.2, 0.25) is 0 Å². The molecule has 1 aliphatic rings. The van der Waals surface area contributed by atoms with Crippen LogP contribution in [0.1, 0.15) is 5.56 Å². The van der Waals surface area contributed by atoms with Gasteiger partial charge in [0.25, 0.3) is 5.91 Å². The Morgan fingerprint density at radius 2 is 2.12 bits per heavy atom. The van der Waals surface area contributed by atoms with Crippen molar-refractivity contribution >= 4 is 40.3 Å². The van der Waals surface area contributed by atoms with Gasteiger partial charge in [-0.05, 0) is 12.1 Å². The van der Waals surface area contributed by atoms with E-state index < -0.39 is 5.91 Å². The molecule has 0 radical (unpaired) electrons. The zero-order valence-corrected chi connectivity index (χ0v) is 9.65. The Bertz CT molecular complexity index is 501. The van der Waals surface area contributed by atoms with Gasteiger partial charge >= 0.3 is 0 Å². The predicted octanol–water partition coefficient (Wildman–Crippen LogP) is 1.90. The molecule has 1 fully saturated rings. The van der Waals surface area contributed by atoms with Gasteiger partial charge in [-0.3, -0.25) is 4.79 Å². The smallest absolute Gasteiger partial charge is 0.267 e. The Morgan fingerprint density at radius 1 is 1.44 bits per heavy atom. The highest BCUT2D eigenvalue weighted by molar-refractivity contribution is 8.26. The first-order valence-electron chi connectivity index (χ1n) is 4.37. The largest absolute Gasteiger partial charge is 0.280 e. The van der Waals surface area contributed by atoms with Crippen molar-refractivity contribution in [3.63, 3.8) is 0 Å². The van der Waals surface area contributed by atoms with Gasteiger partial charge in [-0.15, -0.1) is 0 Å². The third-order valence-electron chi connectivity index (χ3n) is 2.02. The van der Waals surface area contributed by atoms with E-state index in [0.29, 0.717) is 10.5 Å². The van der Waals surface area contributed by atoms with Gasteiger partial charge in [0.1, 0.15) is 5.82 Å². The number of hydrogen-bond acceptors (Lipinski definition) is 4. The summed E-state index contributed by atoms with van der Waals surface area (Å²) in [4.78, 5) is 11.9. The van der Waals surface area contributed by atoms with Crippen molar-refractivity contribution in [3.05, 3.63) is 40.6 Å². The number of nitrogens with two attached hydrogens (primary N) is 1. The average molecular weight is 254 g/mol. The number of amides is 1. The van der Waals surface area contributed by atoms with Crippen molar-refractivity contribution in [2.45, 2.75) is 0 Å². The van der Waals surface area contributed by atoms with Crippen LogP contribution in [0.5, 0.6) is 0 Å². The molecule has 1 amide bonds. The van der Waals surface area contributed by atoms with Gasteiger partial charge in [0, 0.05) is 5.56 Å². The van der Waals surface area contributed by atoms with E-state index in [4.69, 9.17) is 18.1 Å². The number of carbonyl (C=O) groups is 1. The Kier molecular flexibility index (Phi) is 3.04. The molecule has 16 heavy (non-hydrogen) atoms. The molecule has 1 heterocycles. The minimum absolute atomic E-state index is 0.271. The number of hydrogen-bond donors (Lipinski definition) is 1. The zero-order chi connectivity index (χ0) is 11.7. The average Bonchev–Trinajstić information content (AvgIpc) is 2.50. The summed E-state index contributed by atoms with van der Waals surface area (Å²) in [6, 6.07) is 6.19. The molecule has 2 N–H and O–H groups in total. The van der Waals surface area contributed by atoms with Crippen LogP contribution in [0.3, 0.4) is 0 Å². The second kappa shape index (κ2) is 4.32. The lowest BCUT2D eigenvalue weighted by Crippen LogP contribution is -2.34. The molecule has 0 spiro atoms. The fourth-order valence-electron chi connectivity index (χ4n) is 1.21.